The summed E-state index contributed by atoms with van der Waals surface area (Å²) in [7, 11) is 2.04. The second-order valence-electron chi connectivity index (χ2n) is 7.23. The lowest BCUT2D eigenvalue weighted by Crippen LogP contribution is -2.35. The van der Waals surface area contributed by atoms with Crippen molar-refractivity contribution in [3.63, 3.8) is 0 Å². The fourth-order valence-corrected chi connectivity index (χ4v) is 5.58. The van der Waals surface area contributed by atoms with Crippen LogP contribution in [-0.4, -0.2) is 35.0 Å². The maximum atomic E-state index is 11.5. The zero-order valence-corrected chi connectivity index (χ0v) is 15.4. The minimum absolute atomic E-state index is 0.216. The lowest BCUT2D eigenvalue weighted by Gasteiger charge is -2.29. The number of amides is 1. The quantitative estimate of drug-likeness (QED) is 0.763. The predicted octanol–water partition coefficient (Wildman–Crippen LogP) is 2.54. The van der Waals surface area contributed by atoms with Gasteiger partial charge in [0.05, 0.1) is 5.39 Å². The minimum Gasteiger partial charge on any atom is -0.370 e. The third-order valence-corrected chi connectivity index (χ3v) is 6.83. The number of fused-ring (bicyclic) bond motifs is 3. The Kier molecular flexibility index (Phi) is 4.60. The zero-order chi connectivity index (χ0) is 17.4. The van der Waals surface area contributed by atoms with Gasteiger partial charge in [0, 0.05) is 23.4 Å². The molecule has 2 aromatic heterocycles. The maximum Gasteiger partial charge on any atom is 0.218 e. The van der Waals surface area contributed by atoms with E-state index >= 15 is 0 Å². The number of nitrogens with zero attached hydrogens (tertiary/aromatic N) is 2. The molecule has 134 valence electrons. The van der Waals surface area contributed by atoms with Crippen molar-refractivity contribution in [2.75, 3.05) is 12.4 Å². The van der Waals surface area contributed by atoms with Crippen LogP contribution in [0.4, 0.5) is 5.82 Å². The Labute approximate surface area is 151 Å². The van der Waals surface area contributed by atoms with Crippen molar-refractivity contribution in [3.8, 4) is 0 Å². The molecule has 6 nitrogen and oxygen atoms in total. The fraction of sp³-hybridized carbons (Fsp3) is 0.611. The standard InChI is InChI=1S/C18H25N5OS/c1-20-11-3-5-12(6-4-11)23-17-16-15-10(8-14(19)24)2-7-13(15)25-18(16)22-9-21-17/h9-12,20H,2-8H2,1H3,(H2,19,24)(H,21,22,23)/t10-,11-,12-/m1/s1. The molecule has 2 aliphatic rings. The van der Waals surface area contributed by atoms with Gasteiger partial charge in [-0.3, -0.25) is 4.79 Å². The van der Waals surface area contributed by atoms with Crippen molar-refractivity contribution < 1.29 is 4.79 Å². The fourth-order valence-electron chi connectivity index (χ4n) is 4.34. The van der Waals surface area contributed by atoms with Crippen LogP contribution in [0.15, 0.2) is 6.33 Å². The van der Waals surface area contributed by atoms with Gasteiger partial charge in [0.25, 0.3) is 0 Å². The molecule has 0 spiro atoms. The topological polar surface area (TPSA) is 92.9 Å². The van der Waals surface area contributed by atoms with Gasteiger partial charge in [0.2, 0.25) is 5.91 Å². The van der Waals surface area contributed by atoms with Crippen molar-refractivity contribution in [1.29, 1.82) is 0 Å². The maximum absolute atomic E-state index is 11.5. The smallest absolute Gasteiger partial charge is 0.218 e. The third-order valence-electron chi connectivity index (χ3n) is 5.65. The lowest BCUT2D eigenvalue weighted by molar-refractivity contribution is -0.118. The molecular formula is C18H25N5OS. The van der Waals surface area contributed by atoms with Crippen LogP contribution >= 0.6 is 11.3 Å². The molecule has 0 aromatic carbocycles. The van der Waals surface area contributed by atoms with E-state index in [9.17, 15) is 4.79 Å². The second-order valence-corrected chi connectivity index (χ2v) is 8.31. The van der Waals surface area contributed by atoms with E-state index in [2.05, 4.69) is 20.6 Å². The summed E-state index contributed by atoms with van der Waals surface area (Å²) in [5.74, 6) is 0.925. The number of rotatable bonds is 5. The van der Waals surface area contributed by atoms with Gasteiger partial charge in [-0.15, -0.1) is 11.3 Å². The SMILES string of the molecule is CN[C@H]1CC[C@H](Nc2ncnc3sc4c(c23)[C@@H](CC(N)=O)CC4)CC1. The molecular weight excluding hydrogens is 334 g/mol. The molecule has 0 aliphatic heterocycles. The molecule has 1 amide bonds. The Morgan fingerprint density at radius 1 is 1.24 bits per heavy atom. The van der Waals surface area contributed by atoms with E-state index in [0.29, 0.717) is 18.5 Å². The molecule has 4 N–H and O–H groups in total. The summed E-state index contributed by atoms with van der Waals surface area (Å²) >= 11 is 1.74. The van der Waals surface area contributed by atoms with Gasteiger partial charge in [-0.05, 0) is 57.1 Å². The average Bonchev–Trinajstić information content (AvgIpc) is 3.15. The Morgan fingerprint density at radius 2 is 2.00 bits per heavy atom. The van der Waals surface area contributed by atoms with Crippen LogP contribution in [0.2, 0.25) is 0 Å². The molecule has 2 heterocycles. The van der Waals surface area contributed by atoms with E-state index in [1.165, 1.54) is 23.3 Å². The molecule has 1 atom stereocenters. The molecule has 1 fully saturated rings. The van der Waals surface area contributed by atoms with Crippen LogP contribution in [0.3, 0.4) is 0 Å². The van der Waals surface area contributed by atoms with Crippen LogP contribution in [0.1, 0.15) is 54.9 Å². The highest BCUT2D eigenvalue weighted by atomic mass is 32.1. The first-order chi connectivity index (χ1) is 12.2. The monoisotopic (exact) mass is 359 g/mol. The first-order valence-corrected chi connectivity index (χ1v) is 9.95. The number of carbonyl (C=O) groups is 1. The van der Waals surface area contributed by atoms with E-state index in [0.717, 1.165) is 41.7 Å². The van der Waals surface area contributed by atoms with Gasteiger partial charge in [-0.2, -0.15) is 0 Å². The summed E-state index contributed by atoms with van der Waals surface area (Å²) in [5.41, 5.74) is 6.74. The number of nitrogens with two attached hydrogens (primary N) is 1. The summed E-state index contributed by atoms with van der Waals surface area (Å²) in [6, 6.07) is 1.09. The van der Waals surface area contributed by atoms with E-state index in [1.807, 2.05) is 7.05 Å². The van der Waals surface area contributed by atoms with Gasteiger partial charge in [0.1, 0.15) is 17.0 Å². The van der Waals surface area contributed by atoms with E-state index in [-0.39, 0.29) is 11.8 Å². The molecule has 7 heteroatoms. The number of carbonyl (C=O) groups excluding carboxylic acids is 1. The first kappa shape index (κ1) is 16.7. The van der Waals surface area contributed by atoms with Crippen LogP contribution in [0.5, 0.6) is 0 Å². The minimum atomic E-state index is -0.228. The normalized spacial score (nSPS) is 25.9. The van der Waals surface area contributed by atoms with Crippen molar-refractivity contribution >= 4 is 33.3 Å². The van der Waals surface area contributed by atoms with Gasteiger partial charge in [0.15, 0.2) is 0 Å². The molecule has 2 aromatic rings. The highest BCUT2D eigenvalue weighted by Crippen LogP contribution is 2.46. The van der Waals surface area contributed by atoms with Crippen molar-refractivity contribution in [2.45, 2.75) is 62.9 Å². The molecule has 4 rings (SSSR count). The van der Waals surface area contributed by atoms with Crippen molar-refractivity contribution in [2.24, 2.45) is 5.73 Å². The van der Waals surface area contributed by atoms with Crippen molar-refractivity contribution in [1.82, 2.24) is 15.3 Å². The number of hydrogen-bond acceptors (Lipinski definition) is 6. The molecule has 0 saturated heterocycles. The Balaban J connectivity index is 1.63. The Hall–Kier alpha value is -1.73. The van der Waals surface area contributed by atoms with Crippen LogP contribution < -0.4 is 16.4 Å². The van der Waals surface area contributed by atoms with E-state index in [4.69, 9.17) is 5.73 Å². The number of primary amides is 1. The number of hydrogen-bond donors (Lipinski definition) is 3. The summed E-state index contributed by atoms with van der Waals surface area (Å²) < 4.78 is 0. The summed E-state index contributed by atoms with van der Waals surface area (Å²) in [6.45, 7) is 0. The molecule has 2 aliphatic carbocycles. The van der Waals surface area contributed by atoms with Gasteiger partial charge < -0.3 is 16.4 Å². The van der Waals surface area contributed by atoms with Gasteiger partial charge >= 0.3 is 0 Å². The second kappa shape index (κ2) is 6.88. The average molecular weight is 359 g/mol. The van der Waals surface area contributed by atoms with E-state index in [1.54, 1.807) is 17.7 Å². The van der Waals surface area contributed by atoms with Crippen LogP contribution in [0, 0.1) is 0 Å². The van der Waals surface area contributed by atoms with E-state index < -0.39 is 0 Å². The molecule has 0 unspecified atom stereocenters. The highest BCUT2D eigenvalue weighted by Gasteiger charge is 2.31. The van der Waals surface area contributed by atoms with Crippen molar-refractivity contribution in [3.05, 3.63) is 16.8 Å². The lowest BCUT2D eigenvalue weighted by atomic mass is 9.91. The molecule has 25 heavy (non-hydrogen) atoms. The Morgan fingerprint density at radius 3 is 2.72 bits per heavy atom. The largest absolute Gasteiger partial charge is 0.370 e. The summed E-state index contributed by atoms with van der Waals surface area (Å²) in [5, 5.41) is 8.17. The molecule has 0 bridgehead atoms. The third kappa shape index (κ3) is 3.22. The molecule has 1 saturated carbocycles. The molecule has 0 radical (unpaired) electrons. The zero-order valence-electron chi connectivity index (χ0n) is 14.5. The van der Waals surface area contributed by atoms with Gasteiger partial charge in [-0.25, -0.2) is 9.97 Å². The predicted molar refractivity (Wildman–Crippen MR) is 101 cm³/mol. The van der Waals surface area contributed by atoms with Crippen LogP contribution in [0.25, 0.3) is 10.2 Å². The summed E-state index contributed by atoms with van der Waals surface area (Å²) in [4.78, 5) is 22.9. The Bertz CT molecular complexity index is 781. The number of nitrogens with one attached hydrogen (secondary N) is 2. The first-order valence-electron chi connectivity index (χ1n) is 9.14. The number of aryl methyl sites for hydroxylation is 1. The number of anilines is 1. The summed E-state index contributed by atoms with van der Waals surface area (Å²) in [6.07, 6.45) is 8.76. The van der Waals surface area contributed by atoms with Crippen LogP contribution in [-0.2, 0) is 11.2 Å². The number of thiophene rings is 1. The van der Waals surface area contributed by atoms with Gasteiger partial charge in [-0.1, -0.05) is 0 Å². The highest BCUT2D eigenvalue weighted by molar-refractivity contribution is 7.19. The number of aromatic nitrogens is 2.